The van der Waals surface area contributed by atoms with Crippen molar-refractivity contribution in [3.63, 3.8) is 0 Å². The van der Waals surface area contributed by atoms with E-state index in [1.54, 1.807) is 11.8 Å². The van der Waals surface area contributed by atoms with Crippen LogP contribution in [-0.2, 0) is 4.79 Å². The van der Waals surface area contributed by atoms with Gasteiger partial charge in [0.1, 0.15) is 0 Å². The number of hydrogen-bond donors (Lipinski definition) is 1. The van der Waals surface area contributed by atoms with E-state index >= 15 is 0 Å². The molecule has 1 aromatic rings. The minimum absolute atomic E-state index is 0.119. The van der Waals surface area contributed by atoms with Gasteiger partial charge >= 0.3 is 0 Å². The summed E-state index contributed by atoms with van der Waals surface area (Å²) in [6.07, 6.45) is 10.5. The minimum Gasteiger partial charge on any atom is -0.267 e. The minimum atomic E-state index is -0.119. The van der Waals surface area contributed by atoms with Crippen LogP contribution >= 0.6 is 11.8 Å². The van der Waals surface area contributed by atoms with Crippen LogP contribution in [0.15, 0.2) is 64.1 Å². The van der Waals surface area contributed by atoms with Crippen LogP contribution < -0.4 is 5.43 Å². The Morgan fingerprint density at radius 1 is 1.29 bits per heavy atom. The van der Waals surface area contributed by atoms with Crippen molar-refractivity contribution in [2.24, 2.45) is 5.10 Å². The van der Waals surface area contributed by atoms with Crippen molar-refractivity contribution in [2.45, 2.75) is 12.8 Å². The Bertz CT molecular complexity index is 657. The summed E-state index contributed by atoms with van der Waals surface area (Å²) in [6.45, 7) is 0. The number of hydrazone groups is 1. The van der Waals surface area contributed by atoms with E-state index in [9.17, 15) is 4.79 Å². The lowest BCUT2D eigenvalue weighted by Crippen LogP contribution is -2.13. The molecule has 0 saturated carbocycles. The molecule has 3 nitrogen and oxygen atoms in total. The molecule has 106 valence electrons. The number of rotatable bonds is 4. The van der Waals surface area contributed by atoms with Crippen molar-refractivity contribution >= 4 is 29.5 Å². The van der Waals surface area contributed by atoms with Gasteiger partial charge in [0.15, 0.2) is 0 Å². The van der Waals surface area contributed by atoms with Crippen LogP contribution in [0.25, 0.3) is 6.08 Å². The Balaban J connectivity index is 1.72. The van der Waals surface area contributed by atoms with E-state index in [0.29, 0.717) is 5.57 Å². The number of nitrogens with one attached hydrogen (secondary N) is 1. The van der Waals surface area contributed by atoms with E-state index in [0.717, 1.165) is 29.9 Å². The van der Waals surface area contributed by atoms with E-state index < -0.39 is 0 Å². The predicted octanol–water partition coefficient (Wildman–Crippen LogP) is 3.52. The van der Waals surface area contributed by atoms with E-state index in [4.69, 9.17) is 0 Å². The molecule has 0 atom stereocenters. The smallest absolute Gasteiger partial charge is 0.267 e. The first kappa shape index (κ1) is 13.9. The highest BCUT2D eigenvalue weighted by atomic mass is 32.2. The SMILES string of the molecule is O=C1NN=C(CSC2=CC=CCC2)/C1=C\c1ccccc1. The van der Waals surface area contributed by atoms with Crippen molar-refractivity contribution in [1.82, 2.24) is 5.43 Å². The fourth-order valence-corrected chi connectivity index (χ4v) is 3.19. The van der Waals surface area contributed by atoms with Crippen LogP contribution in [0.2, 0.25) is 0 Å². The number of thioether (sulfide) groups is 1. The molecule has 21 heavy (non-hydrogen) atoms. The predicted molar refractivity (Wildman–Crippen MR) is 88.9 cm³/mol. The average Bonchev–Trinajstić information content (AvgIpc) is 2.88. The highest BCUT2D eigenvalue weighted by Gasteiger charge is 2.22. The first-order valence-corrected chi connectivity index (χ1v) is 7.94. The maximum absolute atomic E-state index is 11.9. The van der Waals surface area contributed by atoms with Crippen molar-refractivity contribution in [1.29, 1.82) is 0 Å². The number of carbonyl (C=O) groups is 1. The maximum Gasteiger partial charge on any atom is 0.273 e. The van der Waals surface area contributed by atoms with Crippen molar-refractivity contribution in [3.05, 3.63) is 64.6 Å². The van der Waals surface area contributed by atoms with Gasteiger partial charge in [-0.1, -0.05) is 48.6 Å². The van der Waals surface area contributed by atoms with Crippen LogP contribution in [0.4, 0.5) is 0 Å². The Morgan fingerprint density at radius 3 is 2.90 bits per heavy atom. The highest BCUT2D eigenvalue weighted by molar-refractivity contribution is 8.03. The van der Waals surface area contributed by atoms with Crippen molar-refractivity contribution < 1.29 is 4.79 Å². The van der Waals surface area contributed by atoms with E-state index in [1.165, 1.54) is 4.91 Å². The van der Waals surface area contributed by atoms with Crippen molar-refractivity contribution in [3.8, 4) is 0 Å². The molecule has 3 rings (SSSR count). The highest BCUT2D eigenvalue weighted by Crippen LogP contribution is 2.26. The van der Waals surface area contributed by atoms with Crippen LogP contribution in [-0.4, -0.2) is 17.4 Å². The second-order valence-electron chi connectivity index (χ2n) is 4.86. The summed E-state index contributed by atoms with van der Waals surface area (Å²) in [6, 6.07) is 9.86. The number of benzene rings is 1. The van der Waals surface area contributed by atoms with E-state index in [2.05, 4.69) is 28.8 Å². The fourth-order valence-electron chi connectivity index (χ4n) is 2.21. The third kappa shape index (κ3) is 3.52. The van der Waals surface area contributed by atoms with Gasteiger partial charge in [0, 0.05) is 5.75 Å². The Hall–Kier alpha value is -2.07. The van der Waals surface area contributed by atoms with Gasteiger partial charge in [-0.25, -0.2) is 5.43 Å². The van der Waals surface area contributed by atoms with Gasteiger partial charge in [0.05, 0.1) is 11.3 Å². The molecule has 1 amide bonds. The van der Waals surface area contributed by atoms with Gasteiger partial charge in [-0.3, -0.25) is 4.79 Å². The molecule has 1 aliphatic heterocycles. The van der Waals surface area contributed by atoms with Crippen molar-refractivity contribution in [2.75, 3.05) is 5.75 Å². The second kappa shape index (κ2) is 6.59. The van der Waals surface area contributed by atoms with Gasteiger partial charge in [-0.15, -0.1) is 11.8 Å². The Labute approximate surface area is 128 Å². The zero-order valence-electron chi connectivity index (χ0n) is 11.6. The largest absolute Gasteiger partial charge is 0.273 e. The molecule has 2 aliphatic rings. The maximum atomic E-state index is 11.9. The lowest BCUT2D eigenvalue weighted by molar-refractivity contribution is -0.116. The molecule has 1 heterocycles. The third-order valence-electron chi connectivity index (χ3n) is 3.33. The molecule has 4 heteroatoms. The molecule has 1 N–H and O–H groups in total. The fraction of sp³-hybridized carbons (Fsp3) is 0.176. The molecule has 0 aromatic heterocycles. The van der Waals surface area contributed by atoms with Crippen LogP contribution in [0.5, 0.6) is 0 Å². The Kier molecular flexibility index (Phi) is 4.36. The normalized spacial score (nSPS) is 19.4. The summed E-state index contributed by atoms with van der Waals surface area (Å²) in [5.74, 6) is 0.601. The topological polar surface area (TPSA) is 41.5 Å². The third-order valence-corrected chi connectivity index (χ3v) is 4.46. The molecule has 1 aliphatic carbocycles. The molecule has 0 fully saturated rings. The first-order chi connectivity index (χ1) is 10.3. The number of allylic oxidation sites excluding steroid dienone is 4. The van der Waals surface area contributed by atoms with Crippen LogP contribution in [0, 0.1) is 0 Å². The van der Waals surface area contributed by atoms with Gasteiger partial charge in [0.2, 0.25) is 0 Å². The lowest BCUT2D eigenvalue weighted by Gasteiger charge is -2.08. The molecule has 0 saturated heterocycles. The standard InChI is InChI=1S/C17H16N2OS/c20-17-15(11-13-7-3-1-4-8-13)16(18-19-17)12-21-14-9-5-2-6-10-14/h1-5,7-9,11H,6,10,12H2,(H,19,20)/b15-11+. The molecular weight excluding hydrogens is 280 g/mol. The second-order valence-corrected chi connectivity index (χ2v) is 5.96. The number of carbonyl (C=O) groups excluding carboxylic acids is 1. The van der Waals surface area contributed by atoms with Gasteiger partial charge in [0.25, 0.3) is 5.91 Å². The number of amides is 1. The van der Waals surface area contributed by atoms with E-state index in [-0.39, 0.29) is 5.91 Å². The number of hydrogen-bond acceptors (Lipinski definition) is 3. The first-order valence-electron chi connectivity index (χ1n) is 6.95. The quantitative estimate of drug-likeness (QED) is 0.864. The summed E-state index contributed by atoms with van der Waals surface area (Å²) < 4.78 is 0. The molecule has 0 radical (unpaired) electrons. The summed E-state index contributed by atoms with van der Waals surface area (Å²) in [5, 5.41) is 4.16. The van der Waals surface area contributed by atoms with Gasteiger partial charge in [-0.2, -0.15) is 5.10 Å². The zero-order chi connectivity index (χ0) is 14.5. The van der Waals surface area contributed by atoms with Gasteiger partial charge in [-0.05, 0) is 29.4 Å². The number of nitrogens with zero attached hydrogens (tertiary/aromatic N) is 1. The van der Waals surface area contributed by atoms with Crippen LogP contribution in [0.3, 0.4) is 0 Å². The van der Waals surface area contributed by atoms with E-state index in [1.807, 2.05) is 36.4 Å². The molecule has 0 spiro atoms. The summed E-state index contributed by atoms with van der Waals surface area (Å²) in [7, 11) is 0. The zero-order valence-corrected chi connectivity index (χ0v) is 12.4. The molecule has 0 bridgehead atoms. The van der Waals surface area contributed by atoms with Crippen LogP contribution in [0.1, 0.15) is 18.4 Å². The summed E-state index contributed by atoms with van der Waals surface area (Å²) >= 11 is 1.76. The lowest BCUT2D eigenvalue weighted by atomic mass is 10.1. The van der Waals surface area contributed by atoms with Gasteiger partial charge < -0.3 is 0 Å². The summed E-state index contributed by atoms with van der Waals surface area (Å²) in [4.78, 5) is 13.3. The molecular formula is C17H16N2OS. The average molecular weight is 296 g/mol. The summed E-state index contributed by atoms with van der Waals surface area (Å²) in [5.41, 5.74) is 5.07. The monoisotopic (exact) mass is 296 g/mol. The molecule has 0 unspecified atom stereocenters. The Morgan fingerprint density at radius 2 is 2.14 bits per heavy atom. The molecule has 1 aromatic carbocycles.